The number of rotatable bonds is 3. The highest BCUT2D eigenvalue weighted by atomic mass is 35.5. The number of likely N-dealkylation sites (tertiary alicyclic amines) is 1. The van der Waals surface area contributed by atoms with Gasteiger partial charge in [0, 0.05) is 17.1 Å². The normalized spacial score (nSPS) is 25.0. The van der Waals surface area contributed by atoms with Gasteiger partial charge in [0.2, 0.25) is 0 Å². The van der Waals surface area contributed by atoms with Crippen molar-refractivity contribution in [2.24, 2.45) is 11.7 Å². The molecule has 0 aliphatic carbocycles. The minimum atomic E-state index is 0.451. The van der Waals surface area contributed by atoms with E-state index in [1.165, 1.54) is 17.5 Å². The van der Waals surface area contributed by atoms with Crippen LogP contribution in [0.3, 0.4) is 0 Å². The average Bonchev–Trinajstić information content (AvgIpc) is 2.72. The number of benzene rings is 1. The molecule has 1 aliphatic rings. The van der Waals surface area contributed by atoms with Crippen LogP contribution in [0.4, 0.5) is 0 Å². The van der Waals surface area contributed by atoms with Crippen molar-refractivity contribution in [2.45, 2.75) is 39.3 Å². The van der Waals surface area contributed by atoms with Crippen LogP contribution in [0.5, 0.6) is 0 Å². The van der Waals surface area contributed by atoms with Gasteiger partial charge in [-0.2, -0.15) is 0 Å². The molecule has 3 heteroatoms. The number of nitrogens with zero attached hydrogens (tertiary/aromatic N) is 1. The van der Waals surface area contributed by atoms with Gasteiger partial charge >= 0.3 is 0 Å². The molecule has 1 aliphatic heterocycles. The molecule has 0 bridgehead atoms. The van der Waals surface area contributed by atoms with Crippen LogP contribution in [0.2, 0.25) is 5.02 Å². The highest BCUT2D eigenvalue weighted by Gasteiger charge is 2.36. The summed E-state index contributed by atoms with van der Waals surface area (Å²) in [7, 11) is 0. The molecule has 0 radical (unpaired) electrons. The molecule has 1 aromatic rings. The highest BCUT2D eigenvalue weighted by molar-refractivity contribution is 6.30. The van der Waals surface area contributed by atoms with Crippen LogP contribution in [-0.4, -0.2) is 24.0 Å². The molecule has 1 heterocycles. The number of hydrogen-bond donors (Lipinski definition) is 1. The quantitative estimate of drug-likeness (QED) is 0.909. The summed E-state index contributed by atoms with van der Waals surface area (Å²) in [5, 5.41) is 0.814. The van der Waals surface area contributed by atoms with Crippen molar-refractivity contribution < 1.29 is 0 Å². The van der Waals surface area contributed by atoms with E-state index < -0.39 is 0 Å². The maximum Gasteiger partial charge on any atom is 0.0408 e. The third-order valence-electron chi connectivity index (χ3n) is 4.08. The van der Waals surface area contributed by atoms with E-state index in [2.05, 4.69) is 37.8 Å². The van der Waals surface area contributed by atoms with Gasteiger partial charge in [-0.05, 0) is 69.5 Å². The van der Waals surface area contributed by atoms with E-state index >= 15 is 0 Å². The zero-order valence-electron chi connectivity index (χ0n) is 11.5. The SMILES string of the molecule is Cc1cc(Cl)ccc1C1C(CN)CCN1C(C)C. The van der Waals surface area contributed by atoms with Gasteiger partial charge < -0.3 is 5.73 Å². The minimum Gasteiger partial charge on any atom is -0.330 e. The van der Waals surface area contributed by atoms with Gasteiger partial charge in [-0.15, -0.1) is 0 Å². The van der Waals surface area contributed by atoms with Crippen molar-refractivity contribution in [1.82, 2.24) is 4.90 Å². The molecule has 1 saturated heterocycles. The Morgan fingerprint density at radius 1 is 1.44 bits per heavy atom. The number of halogens is 1. The predicted molar refractivity (Wildman–Crippen MR) is 77.9 cm³/mol. The average molecular weight is 267 g/mol. The first kappa shape index (κ1) is 13.9. The molecular weight excluding hydrogens is 244 g/mol. The summed E-state index contributed by atoms with van der Waals surface area (Å²) in [6.45, 7) is 8.57. The maximum atomic E-state index is 6.05. The second kappa shape index (κ2) is 5.60. The lowest BCUT2D eigenvalue weighted by atomic mass is 9.90. The Hall–Kier alpha value is -0.570. The Kier molecular flexibility index (Phi) is 4.31. The van der Waals surface area contributed by atoms with E-state index in [0.717, 1.165) is 18.1 Å². The summed E-state index contributed by atoms with van der Waals surface area (Å²) in [6, 6.07) is 7.23. The summed E-state index contributed by atoms with van der Waals surface area (Å²) in [6.07, 6.45) is 1.20. The molecule has 0 aromatic heterocycles. The smallest absolute Gasteiger partial charge is 0.0408 e. The fourth-order valence-electron chi connectivity index (χ4n) is 3.11. The van der Waals surface area contributed by atoms with E-state index in [0.29, 0.717) is 18.0 Å². The molecule has 0 spiro atoms. The van der Waals surface area contributed by atoms with Gasteiger partial charge in [0.25, 0.3) is 0 Å². The lowest BCUT2D eigenvalue weighted by molar-refractivity contribution is 0.184. The first-order valence-corrected chi connectivity index (χ1v) is 7.14. The van der Waals surface area contributed by atoms with E-state index in [1.54, 1.807) is 0 Å². The summed E-state index contributed by atoms with van der Waals surface area (Å²) in [5.74, 6) is 0.562. The number of aryl methyl sites for hydroxylation is 1. The van der Waals surface area contributed by atoms with Crippen LogP contribution in [0, 0.1) is 12.8 Å². The lowest BCUT2D eigenvalue weighted by Crippen LogP contribution is -2.33. The van der Waals surface area contributed by atoms with Gasteiger partial charge in [-0.1, -0.05) is 17.7 Å². The first-order chi connectivity index (χ1) is 8.54. The van der Waals surface area contributed by atoms with Crippen LogP contribution in [-0.2, 0) is 0 Å². The zero-order valence-corrected chi connectivity index (χ0v) is 12.2. The second-order valence-corrected chi connectivity index (χ2v) is 6.00. The monoisotopic (exact) mass is 266 g/mol. The Bertz CT molecular complexity index is 417. The lowest BCUT2D eigenvalue weighted by Gasteiger charge is -2.32. The third-order valence-corrected chi connectivity index (χ3v) is 4.31. The van der Waals surface area contributed by atoms with Crippen LogP contribution >= 0.6 is 11.6 Å². The van der Waals surface area contributed by atoms with E-state index in [4.69, 9.17) is 17.3 Å². The molecule has 0 amide bonds. The number of hydrogen-bond acceptors (Lipinski definition) is 2. The Morgan fingerprint density at radius 2 is 2.17 bits per heavy atom. The van der Waals surface area contributed by atoms with Crippen molar-refractivity contribution in [1.29, 1.82) is 0 Å². The number of nitrogens with two attached hydrogens (primary N) is 1. The van der Waals surface area contributed by atoms with Crippen molar-refractivity contribution in [3.05, 3.63) is 34.3 Å². The first-order valence-electron chi connectivity index (χ1n) is 6.76. The van der Waals surface area contributed by atoms with Gasteiger partial charge in [0.05, 0.1) is 0 Å². The molecule has 2 unspecified atom stereocenters. The minimum absolute atomic E-state index is 0.451. The topological polar surface area (TPSA) is 29.3 Å². The Labute approximate surface area is 115 Å². The van der Waals surface area contributed by atoms with Crippen molar-refractivity contribution in [3.8, 4) is 0 Å². The maximum absolute atomic E-state index is 6.05. The molecule has 100 valence electrons. The van der Waals surface area contributed by atoms with Crippen molar-refractivity contribution in [2.75, 3.05) is 13.1 Å². The van der Waals surface area contributed by atoms with Gasteiger partial charge in [0.15, 0.2) is 0 Å². The van der Waals surface area contributed by atoms with Crippen LogP contribution < -0.4 is 5.73 Å². The van der Waals surface area contributed by atoms with Gasteiger partial charge in [-0.25, -0.2) is 0 Å². The third kappa shape index (κ3) is 2.56. The molecule has 2 N–H and O–H groups in total. The van der Waals surface area contributed by atoms with Crippen molar-refractivity contribution in [3.63, 3.8) is 0 Å². The second-order valence-electron chi connectivity index (χ2n) is 5.56. The molecule has 2 rings (SSSR count). The molecule has 18 heavy (non-hydrogen) atoms. The molecular formula is C15H23ClN2. The van der Waals surface area contributed by atoms with E-state index in [-0.39, 0.29) is 0 Å². The molecule has 2 nitrogen and oxygen atoms in total. The van der Waals surface area contributed by atoms with Gasteiger partial charge in [0.1, 0.15) is 0 Å². The zero-order chi connectivity index (χ0) is 13.3. The van der Waals surface area contributed by atoms with Crippen molar-refractivity contribution >= 4 is 11.6 Å². The fraction of sp³-hybridized carbons (Fsp3) is 0.600. The van der Waals surface area contributed by atoms with Crippen LogP contribution in [0.1, 0.15) is 37.4 Å². The molecule has 1 fully saturated rings. The molecule has 0 saturated carbocycles. The van der Waals surface area contributed by atoms with E-state index in [9.17, 15) is 0 Å². The Morgan fingerprint density at radius 3 is 2.72 bits per heavy atom. The van der Waals surface area contributed by atoms with E-state index in [1.807, 2.05) is 6.07 Å². The Balaban J connectivity index is 2.37. The standard InChI is InChI=1S/C15H23ClN2/c1-10(2)18-7-6-12(9-17)15(18)14-5-4-13(16)8-11(14)3/h4-5,8,10,12,15H,6-7,9,17H2,1-3H3. The largest absolute Gasteiger partial charge is 0.330 e. The summed E-state index contributed by atoms with van der Waals surface area (Å²) in [4.78, 5) is 2.56. The summed E-state index contributed by atoms with van der Waals surface area (Å²) >= 11 is 6.05. The molecule has 1 aromatic carbocycles. The van der Waals surface area contributed by atoms with Gasteiger partial charge in [-0.3, -0.25) is 4.90 Å². The predicted octanol–water partition coefficient (Wildman–Crippen LogP) is 3.38. The van der Waals surface area contributed by atoms with Crippen LogP contribution in [0.25, 0.3) is 0 Å². The molecule has 2 atom stereocenters. The summed E-state index contributed by atoms with van der Waals surface area (Å²) < 4.78 is 0. The summed E-state index contributed by atoms with van der Waals surface area (Å²) in [5.41, 5.74) is 8.62. The fourth-order valence-corrected chi connectivity index (χ4v) is 3.34. The highest BCUT2D eigenvalue weighted by Crippen LogP contribution is 2.39. The van der Waals surface area contributed by atoms with Crippen LogP contribution in [0.15, 0.2) is 18.2 Å².